The largest absolute Gasteiger partial charge is 0.491 e. The van der Waals surface area contributed by atoms with Gasteiger partial charge in [-0.3, -0.25) is 14.9 Å². The second-order valence-electron chi connectivity index (χ2n) is 7.43. The van der Waals surface area contributed by atoms with Crippen LogP contribution in [-0.4, -0.2) is 23.0 Å². The van der Waals surface area contributed by atoms with Crippen molar-refractivity contribution in [1.82, 2.24) is 5.32 Å². The van der Waals surface area contributed by atoms with Gasteiger partial charge < -0.3 is 15.4 Å². The molecule has 3 aromatic carbocycles. The molecule has 9 heteroatoms. The maximum Gasteiger partial charge on any atom is 0.257 e. The molecule has 0 bridgehead atoms. The molecule has 0 saturated carbocycles. The smallest absolute Gasteiger partial charge is 0.257 e. The summed E-state index contributed by atoms with van der Waals surface area (Å²) in [6, 6.07) is 17.2. The molecule has 176 valence electrons. The molecule has 3 rings (SSSR count). The maximum atomic E-state index is 13.3. The molecule has 1 atom stereocenters. The fraction of sp³-hybridized carbons (Fsp3) is 0.160. The standard InChI is InChI=1S/C25H23ClFN3O3S/c1-3-15(2)33-20-10-7-16(8-11-20)23(31)30-25(34)29-18-6-4-5-17(13-18)24(32)28-19-9-12-22(27)21(26)14-19/h4-15H,3H2,1-2H3,(H,28,32)(H2,29,30,31,34). The molecule has 3 aromatic rings. The first-order valence-electron chi connectivity index (χ1n) is 10.5. The van der Waals surface area contributed by atoms with Crippen molar-refractivity contribution < 1.29 is 18.7 Å². The number of rotatable bonds is 7. The minimum Gasteiger partial charge on any atom is -0.491 e. The number of nitrogens with one attached hydrogen (secondary N) is 3. The van der Waals surface area contributed by atoms with E-state index in [-0.39, 0.29) is 22.1 Å². The number of halogens is 2. The summed E-state index contributed by atoms with van der Waals surface area (Å²) in [5, 5.41) is 8.13. The molecule has 0 aliphatic rings. The molecule has 1 unspecified atom stereocenters. The van der Waals surface area contributed by atoms with E-state index in [0.717, 1.165) is 6.42 Å². The van der Waals surface area contributed by atoms with E-state index < -0.39 is 11.7 Å². The number of hydrogen-bond donors (Lipinski definition) is 3. The van der Waals surface area contributed by atoms with Crippen molar-refractivity contribution in [2.24, 2.45) is 0 Å². The Morgan fingerprint density at radius 3 is 2.35 bits per heavy atom. The predicted molar refractivity (Wildman–Crippen MR) is 136 cm³/mol. The minimum absolute atomic E-state index is 0.0767. The zero-order valence-electron chi connectivity index (χ0n) is 18.5. The topological polar surface area (TPSA) is 79.5 Å². The monoisotopic (exact) mass is 499 g/mol. The first-order chi connectivity index (χ1) is 16.2. The minimum atomic E-state index is -0.572. The molecule has 0 fully saturated rings. The van der Waals surface area contributed by atoms with Gasteiger partial charge in [-0.05, 0) is 86.2 Å². The Morgan fingerprint density at radius 2 is 1.68 bits per heavy atom. The molecule has 0 aromatic heterocycles. The Labute approximate surface area is 207 Å². The van der Waals surface area contributed by atoms with Crippen LogP contribution in [0, 0.1) is 5.82 Å². The van der Waals surface area contributed by atoms with E-state index >= 15 is 0 Å². The van der Waals surface area contributed by atoms with E-state index in [1.165, 1.54) is 18.2 Å². The summed E-state index contributed by atoms with van der Waals surface area (Å²) in [4.78, 5) is 25.0. The molecule has 0 aliphatic carbocycles. The molecule has 3 N–H and O–H groups in total. The van der Waals surface area contributed by atoms with Crippen LogP contribution in [-0.2, 0) is 0 Å². The van der Waals surface area contributed by atoms with Crippen LogP contribution < -0.4 is 20.7 Å². The number of anilines is 2. The summed E-state index contributed by atoms with van der Waals surface area (Å²) >= 11 is 11.0. The van der Waals surface area contributed by atoms with Crippen molar-refractivity contribution in [1.29, 1.82) is 0 Å². The Morgan fingerprint density at radius 1 is 0.971 bits per heavy atom. The fourth-order valence-corrected chi connectivity index (χ4v) is 3.24. The van der Waals surface area contributed by atoms with Gasteiger partial charge in [-0.1, -0.05) is 24.6 Å². The van der Waals surface area contributed by atoms with Gasteiger partial charge in [0.1, 0.15) is 11.6 Å². The Hall–Kier alpha value is -3.49. The van der Waals surface area contributed by atoms with Crippen LogP contribution >= 0.6 is 23.8 Å². The Bertz CT molecular complexity index is 1200. The summed E-state index contributed by atoms with van der Waals surface area (Å²) in [6.07, 6.45) is 0.966. The lowest BCUT2D eigenvalue weighted by Crippen LogP contribution is -2.34. The Balaban J connectivity index is 1.58. The lowest BCUT2D eigenvalue weighted by molar-refractivity contribution is 0.0976. The first kappa shape index (κ1) is 25.1. The van der Waals surface area contributed by atoms with Crippen LogP contribution in [0.5, 0.6) is 5.75 Å². The van der Waals surface area contributed by atoms with Crippen LogP contribution in [0.25, 0.3) is 0 Å². The summed E-state index contributed by atoms with van der Waals surface area (Å²) in [5.74, 6) is -0.683. The Kier molecular flexibility index (Phi) is 8.56. The van der Waals surface area contributed by atoms with Gasteiger partial charge >= 0.3 is 0 Å². The van der Waals surface area contributed by atoms with E-state index in [0.29, 0.717) is 28.3 Å². The van der Waals surface area contributed by atoms with Gasteiger partial charge in [0.05, 0.1) is 11.1 Å². The third-order valence-electron chi connectivity index (χ3n) is 4.82. The molecule has 0 saturated heterocycles. The van der Waals surface area contributed by atoms with Crippen molar-refractivity contribution in [2.75, 3.05) is 10.6 Å². The zero-order valence-corrected chi connectivity index (χ0v) is 20.1. The highest BCUT2D eigenvalue weighted by atomic mass is 35.5. The highest BCUT2D eigenvalue weighted by molar-refractivity contribution is 7.80. The van der Waals surface area contributed by atoms with Crippen LogP contribution in [0.3, 0.4) is 0 Å². The van der Waals surface area contributed by atoms with Crippen LogP contribution in [0.2, 0.25) is 5.02 Å². The van der Waals surface area contributed by atoms with Gasteiger partial charge in [-0.2, -0.15) is 0 Å². The average Bonchev–Trinajstić information content (AvgIpc) is 2.81. The normalized spacial score (nSPS) is 11.3. The van der Waals surface area contributed by atoms with E-state index in [1.807, 2.05) is 13.8 Å². The van der Waals surface area contributed by atoms with Gasteiger partial charge in [-0.15, -0.1) is 0 Å². The fourth-order valence-electron chi connectivity index (χ4n) is 2.85. The average molecular weight is 500 g/mol. The van der Waals surface area contributed by atoms with E-state index in [1.54, 1.807) is 48.5 Å². The second kappa shape index (κ2) is 11.6. The number of ether oxygens (including phenoxy) is 1. The van der Waals surface area contributed by atoms with Gasteiger partial charge in [0, 0.05) is 22.5 Å². The van der Waals surface area contributed by atoms with E-state index in [2.05, 4.69) is 16.0 Å². The van der Waals surface area contributed by atoms with Gasteiger partial charge in [0.15, 0.2) is 5.11 Å². The molecule has 0 radical (unpaired) electrons. The molecule has 0 aliphatic heterocycles. The third kappa shape index (κ3) is 7.00. The molecule has 6 nitrogen and oxygen atoms in total. The number of thiocarbonyl (C=S) groups is 1. The predicted octanol–water partition coefficient (Wildman–Crippen LogP) is 6.04. The van der Waals surface area contributed by atoms with Gasteiger partial charge in [0.2, 0.25) is 0 Å². The van der Waals surface area contributed by atoms with Crippen LogP contribution in [0.1, 0.15) is 41.0 Å². The molecule has 0 spiro atoms. The summed E-state index contributed by atoms with van der Waals surface area (Å²) in [6.45, 7) is 4.01. The highest BCUT2D eigenvalue weighted by Gasteiger charge is 2.12. The van der Waals surface area contributed by atoms with Crippen molar-refractivity contribution in [3.63, 3.8) is 0 Å². The van der Waals surface area contributed by atoms with Crippen LogP contribution in [0.4, 0.5) is 15.8 Å². The summed E-state index contributed by atoms with van der Waals surface area (Å²) in [5.41, 5.74) is 1.62. The second-order valence-corrected chi connectivity index (χ2v) is 8.25. The molecular formula is C25H23ClFN3O3S. The summed E-state index contributed by atoms with van der Waals surface area (Å²) < 4.78 is 19.0. The molecule has 0 heterocycles. The van der Waals surface area contributed by atoms with Crippen molar-refractivity contribution in [3.8, 4) is 5.75 Å². The van der Waals surface area contributed by atoms with Crippen molar-refractivity contribution >= 4 is 52.1 Å². The van der Waals surface area contributed by atoms with Crippen LogP contribution in [0.15, 0.2) is 66.7 Å². The lowest BCUT2D eigenvalue weighted by atomic mass is 10.2. The maximum absolute atomic E-state index is 13.3. The highest BCUT2D eigenvalue weighted by Crippen LogP contribution is 2.20. The summed E-state index contributed by atoms with van der Waals surface area (Å²) in [7, 11) is 0. The lowest BCUT2D eigenvalue weighted by Gasteiger charge is -2.13. The number of carbonyl (C=O) groups excluding carboxylic acids is 2. The number of hydrogen-bond acceptors (Lipinski definition) is 4. The number of carbonyl (C=O) groups is 2. The quantitative estimate of drug-likeness (QED) is 0.346. The van der Waals surface area contributed by atoms with Gasteiger partial charge in [0.25, 0.3) is 11.8 Å². The number of amides is 2. The van der Waals surface area contributed by atoms with Crippen molar-refractivity contribution in [3.05, 3.63) is 88.7 Å². The molecular weight excluding hydrogens is 477 g/mol. The SMILES string of the molecule is CCC(C)Oc1ccc(C(=O)NC(=S)Nc2cccc(C(=O)Nc3ccc(F)c(Cl)c3)c2)cc1. The van der Waals surface area contributed by atoms with E-state index in [9.17, 15) is 14.0 Å². The van der Waals surface area contributed by atoms with Gasteiger partial charge in [-0.25, -0.2) is 4.39 Å². The van der Waals surface area contributed by atoms with Crippen molar-refractivity contribution in [2.45, 2.75) is 26.4 Å². The molecule has 2 amide bonds. The first-order valence-corrected chi connectivity index (χ1v) is 11.3. The zero-order chi connectivity index (χ0) is 24.7. The number of benzene rings is 3. The third-order valence-corrected chi connectivity index (χ3v) is 5.31. The van der Waals surface area contributed by atoms with E-state index in [4.69, 9.17) is 28.6 Å². The molecule has 34 heavy (non-hydrogen) atoms.